The summed E-state index contributed by atoms with van der Waals surface area (Å²) in [5.41, 5.74) is 2.66. The normalized spacial score (nSPS) is 27.7. The zero-order valence-corrected chi connectivity index (χ0v) is 20.3. The van der Waals surface area contributed by atoms with Crippen LogP contribution in [-0.2, 0) is 15.1 Å². The molecule has 5 heterocycles. The number of aryl methyl sites for hydroxylation is 1. The average molecular weight is 489 g/mol. The molecule has 37 heavy (non-hydrogen) atoms. The molecule has 4 aliphatic rings. The van der Waals surface area contributed by atoms with E-state index in [0.717, 1.165) is 36.2 Å². The number of anilines is 1. The zero-order chi connectivity index (χ0) is 25.1. The van der Waals surface area contributed by atoms with E-state index in [1.54, 1.807) is 10.6 Å². The first-order valence-corrected chi connectivity index (χ1v) is 12.9. The topological polar surface area (TPSA) is 75.5 Å². The van der Waals surface area contributed by atoms with Gasteiger partial charge in [0, 0.05) is 11.6 Å². The molecule has 2 unspecified atom stereocenters. The first-order valence-electron chi connectivity index (χ1n) is 12.9. The van der Waals surface area contributed by atoms with E-state index in [1.807, 2.05) is 73.7 Å². The number of rotatable bonds is 1. The fraction of sp³-hybridized carbons (Fsp3) is 0.267. The third-order valence-corrected chi connectivity index (χ3v) is 9.00. The summed E-state index contributed by atoms with van der Waals surface area (Å²) in [5.74, 6) is -0.934. The Bertz CT molecular complexity index is 1740. The first kappa shape index (κ1) is 21.0. The second kappa shape index (κ2) is 7.01. The Morgan fingerprint density at radius 2 is 1.59 bits per heavy atom. The number of hydrogen-bond acceptors (Lipinski definition) is 5. The van der Waals surface area contributed by atoms with E-state index in [2.05, 4.69) is 4.90 Å². The molecule has 182 valence electrons. The van der Waals surface area contributed by atoms with Gasteiger partial charge < -0.3 is 0 Å². The van der Waals surface area contributed by atoms with Crippen molar-refractivity contribution < 1.29 is 9.59 Å². The van der Waals surface area contributed by atoms with Crippen LogP contribution in [0, 0.1) is 18.8 Å². The molecule has 0 saturated carbocycles. The number of nitrogens with zero attached hydrogens (tertiary/aromatic N) is 4. The van der Waals surface area contributed by atoms with Gasteiger partial charge in [-0.2, -0.15) is 0 Å². The lowest BCUT2D eigenvalue weighted by Gasteiger charge is -2.38. The van der Waals surface area contributed by atoms with Gasteiger partial charge in [-0.05, 0) is 56.1 Å². The molecule has 0 N–H and O–H groups in total. The van der Waals surface area contributed by atoms with Crippen molar-refractivity contribution >= 4 is 28.4 Å². The molecule has 1 spiro atoms. The SMILES string of the molecule is Cc1ccccc1N1C(=O)[C@H]2C3CCCN3C3(c4ccccc4-n4c3nc3ccccc3c4=O)[C@H]2C1=O. The highest BCUT2D eigenvalue weighted by Crippen LogP contribution is 2.62. The average Bonchev–Trinajstić information content (AvgIpc) is 3.62. The van der Waals surface area contributed by atoms with Gasteiger partial charge in [0.15, 0.2) is 0 Å². The molecule has 8 rings (SSSR count). The Balaban J connectivity index is 1.46. The Morgan fingerprint density at radius 3 is 2.43 bits per heavy atom. The molecule has 4 aliphatic heterocycles. The van der Waals surface area contributed by atoms with Crippen molar-refractivity contribution in [2.75, 3.05) is 11.4 Å². The van der Waals surface area contributed by atoms with Gasteiger partial charge >= 0.3 is 0 Å². The molecule has 7 nitrogen and oxygen atoms in total. The number of imide groups is 1. The summed E-state index contributed by atoms with van der Waals surface area (Å²) in [6.45, 7) is 2.68. The predicted octanol–water partition coefficient (Wildman–Crippen LogP) is 3.53. The van der Waals surface area contributed by atoms with Gasteiger partial charge in [0.05, 0.1) is 34.1 Å². The molecule has 2 amide bonds. The number of aromatic nitrogens is 2. The van der Waals surface area contributed by atoms with Crippen molar-refractivity contribution in [3.8, 4) is 5.69 Å². The van der Waals surface area contributed by atoms with Crippen molar-refractivity contribution in [2.24, 2.45) is 11.8 Å². The minimum atomic E-state index is -0.976. The van der Waals surface area contributed by atoms with E-state index in [-0.39, 0.29) is 23.4 Å². The van der Waals surface area contributed by atoms with Crippen LogP contribution in [0.2, 0.25) is 0 Å². The van der Waals surface area contributed by atoms with E-state index < -0.39 is 17.4 Å². The fourth-order valence-corrected chi connectivity index (χ4v) is 7.67. The van der Waals surface area contributed by atoms with Gasteiger partial charge in [-0.1, -0.05) is 48.5 Å². The highest BCUT2D eigenvalue weighted by molar-refractivity contribution is 6.23. The summed E-state index contributed by atoms with van der Waals surface area (Å²) in [7, 11) is 0. The molecule has 1 aromatic heterocycles. The lowest BCUT2D eigenvalue weighted by Crippen LogP contribution is -2.51. The number of fused-ring (bicyclic) bond motifs is 11. The summed E-state index contributed by atoms with van der Waals surface area (Å²) < 4.78 is 1.70. The molecule has 3 fully saturated rings. The quantitative estimate of drug-likeness (QED) is 0.383. The van der Waals surface area contributed by atoms with Crippen molar-refractivity contribution in [1.82, 2.24) is 14.5 Å². The Morgan fingerprint density at radius 1 is 0.865 bits per heavy atom. The number of benzene rings is 3. The molecule has 3 saturated heterocycles. The number of amides is 2. The second-order valence-corrected chi connectivity index (χ2v) is 10.6. The summed E-state index contributed by atoms with van der Waals surface area (Å²) in [6.07, 6.45) is 1.77. The van der Waals surface area contributed by atoms with Gasteiger partial charge in [0.1, 0.15) is 11.4 Å². The Labute approximate surface area is 213 Å². The van der Waals surface area contributed by atoms with Crippen molar-refractivity contribution in [1.29, 1.82) is 0 Å². The van der Waals surface area contributed by atoms with Crippen LogP contribution in [0.1, 0.15) is 29.8 Å². The van der Waals surface area contributed by atoms with Gasteiger partial charge in [0.2, 0.25) is 11.8 Å². The maximum atomic E-state index is 14.5. The maximum Gasteiger partial charge on any atom is 0.266 e. The Hall–Kier alpha value is -4.10. The molecule has 4 atom stereocenters. The van der Waals surface area contributed by atoms with Gasteiger partial charge in [-0.25, -0.2) is 9.88 Å². The third kappa shape index (κ3) is 2.32. The van der Waals surface area contributed by atoms with Gasteiger partial charge in [-0.15, -0.1) is 0 Å². The monoisotopic (exact) mass is 488 g/mol. The fourth-order valence-electron chi connectivity index (χ4n) is 7.67. The highest BCUT2D eigenvalue weighted by atomic mass is 16.2. The van der Waals surface area contributed by atoms with Crippen molar-refractivity contribution in [2.45, 2.75) is 31.3 Å². The summed E-state index contributed by atoms with van der Waals surface area (Å²) in [4.78, 5) is 51.4. The van der Waals surface area contributed by atoms with Crippen LogP contribution in [-0.4, -0.2) is 38.9 Å². The zero-order valence-electron chi connectivity index (χ0n) is 20.3. The number of hydrogen-bond donors (Lipinski definition) is 0. The smallest absolute Gasteiger partial charge is 0.266 e. The number of carbonyl (C=O) groups is 2. The molecular weight excluding hydrogens is 464 g/mol. The van der Waals surface area contributed by atoms with Crippen molar-refractivity contribution in [3.05, 3.63) is 100 Å². The molecule has 0 aliphatic carbocycles. The third-order valence-electron chi connectivity index (χ3n) is 9.00. The number of para-hydroxylation sites is 3. The summed E-state index contributed by atoms with van der Waals surface area (Å²) in [5, 5.41) is 0.543. The minimum Gasteiger partial charge on any atom is -0.283 e. The molecule has 3 aromatic carbocycles. The molecule has 0 bridgehead atoms. The molecule has 0 radical (unpaired) electrons. The summed E-state index contributed by atoms with van der Waals surface area (Å²) in [6, 6.07) is 22.6. The van der Waals surface area contributed by atoms with E-state index in [0.29, 0.717) is 22.4 Å². The standard InChI is InChI=1S/C30H24N4O3/c1-17-9-2-6-13-21(17)33-27(36)24-23-15-8-16-32(23)30(25(24)28(33)37)19-11-4-7-14-22(19)34-26(35)18-10-3-5-12-20(18)31-29(30)34/h2-7,9-14,23-25H,8,15-16H2,1H3/t23?,24-,25+,30?/m0/s1. The second-order valence-electron chi connectivity index (χ2n) is 10.6. The number of carbonyl (C=O) groups excluding carboxylic acids is 2. The van der Waals surface area contributed by atoms with E-state index in [9.17, 15) is 14.4 Å². The van der Waals surface area contributed by atoms with Crippen LogP contribution in [0.25, 0.3) is 16.6 Å². The van der Waals surface area contributed by atoms with Crippen LogP contribution in [0.3, 0.4) is 0 Å². The lowest BCUT2D eigenvalue weighted by molar-refractivity contribution is -0.124. The Kier molecular flexibility index (Phi) is 3.99. The summed E-state index contributed by atoms with van der Waals surface area (Å²) >= 11 is 0. The van der Waals surface area contributed by atoms with E-state index >= 15 is 0 Å². The van der Waals surface area contributed by atoms with Crippen LogP contribution in [0.4, 0.5) is 5.69 Å². The van der Waals surface area contributed by atoms with E-state index in [4.69, 9.17) is 4.98 Å². The molecule has 7 heteroatoms. The molecule has 4 aromatic rings. The van der Waals surface area contributed by atoms with Crippen LogP contribution in [0.15, 0.2) is 77.6 Å². The minimum absolute atomic E-state index is 0.0848. The van der Waals surface area contributed by atoms with Crippen LogP contribution < -0.4 is 10.5 Å². The van der Waals surface area contributed by atoms with E-state index in [1.165, 1.54) is 4.90 Å². The van der Waals surface area contributed by atoms with Gasteiger partial charge in [0.25, 0.3) is 5.56 Å². The first-order chi connectivity index (χ1) is 18.0. The highest BCUT2D eigenvalue weighted by Gasteiger charge is 2.73. The van der Waals surface area contributed by atoms with Gasteiger partial charge in [-0.3, -0.25) is 23.9 Å². The lowest BCUT2D eigenvalue weighted by atomic mass is 9.75. The van der Waals surface area contributed by atoms with Crippen LogP contribution >= 0.6 is 0 Å². The predicted molar refractivity (Wildman–Crippen MR) is 138 cm³/mol. The van der Waals surface area contributed by atoms with Crippen LogP contribution in [0.5, 0.6) is 0 Å². The maximum absolute atomic E-state index is 14.5. The molecular formula is C30H24N4O3. The van der Waals surface area contributed by atoms with Crippen molar-refractivity contribution in [3.63, 3.8) is 0 Å². The largest absolute Gasteiger partial charge is 0.283 e.